The van der Waals surface area contributed by atoms with Gasteiger partial charge in [-0.2, -0.15) is 0 Å². The number of halogens is 2. The topological polar surface area (TPSA) is 49.4 Å². The van der Waals surface area contributed by atoms with E-state index < -0.39 is 11.9 Å². The third-order valence-corrected chi connectivity index (χ3v) is 3.55. The fraction of sp³-hybridized carbons (Fsp3) is 0.429. The highest BCUT2D eigenvalue weighted by Gasteiger charge is 2.32. The Morgan fingerprint density at radius 1 is 1.45 bits per heavy atom. The number of benzene rings is 1. The van der Waals surface area contributed by atoms with Crippen LogP contribution >= 0.6 is 11.6 Å². The Labute approximate surface area is 121 Å². The second-order valence-electron chi connectivity index (χ2n) is 4.72. The van der Waals surface area contributed by atoms with Gasteiger partial charge in [0.2, 0.25) is 11.8 Å². The Kier molecular flexibility index (Phi) is 4.60. The molecule has 1 unspecified atom stereocenters. The summed E-state index contributed by atoms with van der Waals surface area (Å²) in [7, 11) is 0. The van der Waals surface area contributed by atoms with Gasteiger partial charge in [-0.05, 0) is 18.6 Å². The van der Waals surface area contributed by atoms with Crippen LogP contribution in [0.1, 0.15) is 26.2 Å². The standard InChI is InChI=1S/C14H16ClFN2O2/c1-2-4-11-14(20)18(8-7-12(19)17-11)13-9(15)5-3-6-10(13)16/h3,5-6,11H,2,4,7-8H2,1H3,(H,17,19). The average molecular weight is 299 g/mol. The number of carbonyl (C=O) groups excluding carboxylic acids is 2. The highest BCUT2D eigenvalue weighted by molar-refractivity contribution is 6.34. The normalized spacial score (nSPS) is 19.8. The van der Waals surface area contributed by atoms with E-state index in [9.17, 15) is 14.0 Å². The molecule has 4 nitrogen and oxygen atoms in total. The highest BCUT2D eigenvalue weighted by Crippen LogP contribution is 2.30. The van der Waals surface area contributed by atoms with Crippen molar-refractivity contribution in [1.82, 2.24) is 5.32 Å². The van der Waals surface area contributed by atoms with Gasteiger partial charge in [0.25, 0.3) is 0 Å². The Morgan fingerprint density at radius 3 is 2.85 bits per heavy atom. The number of para-hydroxylation sites is 1. The van der Waals surface area contributed by atoms with Crippen molar-refractivity contribution < 1.29 is 14.0 Å². The third kappa shape index (κ3) is 2.93. The van der Waals surface area contributed by atoms with Crippen molar-refractivity contribution in [1.29, 1.82) is 0 Å². The lowest BCUT2D eigenvalue weighted by atomic mass is 10.1. The number of carbonyl (C=O) groups is 2. The lowest BCUT2D eigenvalue weighted by Gasteiger charge is -2.25. The number of amides is 2. The zero-order valence-electron chi connectivity index (χ0n) is 11.2. The molecule has 20 heavy (non-hydrogen) atoms. The van der Waals surface area contributed by atoms with E-state index in [0.717, 1.165) is 6.42 Å². The minimum atomic E-state index is -0.620. The summed E-state index contributed by atoms with van der Waals surface area (Å²) in [5, 5.41) is 2.84. The molecule has 0 radical (unpaired) electrons. The van der Waals surface area contributed by atoms with Gasteiger partial charge in [0.05, 0.1) is 10.7 Å². The van der Waals surface area contributed by atoms with Gasteiger partial charge in [0.15, 0.2) is 0 Å². The zero-order chi connectivity index (χ0) is 14.7. The molecule has 1 heterocycles. The minimum absolute atomic E-state index is 0.0526. The van der Waals surface area contributed by atoms with E-state index in [4.69, 9.17) is 11.6 Å². The molecular weight excluding hydrogens is 283 g/mol. The van der Waals surface area contributed by atoms with Crippen molar-refractivity contribution in [3.8, 4) is 0 Å². The number of rotatable bonds is 3. The van der Waals surface area contributed by atoms with E-state index in [1.54, 1.807) is 0 Å². The molecule has 1 atom stereocenters. The van der Waals surface area contributed by atoms with Crippen LogP contribution in [-0.2, 0) is 9.59 Å². The van der Waals surface area contributed by atoms with E-state index in [-0.39, 0.29) is 35.5 Å². The molecule has 1 aromatic rings. The number of nitrogens with zero attached hydrogens (tertiary/aromatic N) is 1. The van der Waals surface area contributed by atoms with E-state index >= 15 is 0 Å². The molecule has 0 bridgehead atoms. The van der Waals surface area contributed by atoms with Crippen LogP contribution in [0.5, 0.6) is 0 Å². The van der Waals surface area contributed by atoms with Crippen LogP contribution in [0.2, 0.25) is 5.02 Å². The summed E-state index contributed by atoms with van der Waals surface area (Å²) in [5.74, 6) is -1.08. The Balaban J connectivity index is 2.38. The van der Waals surface area contributed by atoms with Gasteiger partial charge in [-0.1, -0.05) is 31.0 Å². The molecule has 0 spiro atoms. The maximum atomic E-state index is 14.0. The predicted molar refractivity (Wildman–Crippen MR) is 75.2 cm³/mol. The first-order chi connectivity index (χ1) is 9.54. The fourth-order valence-corrected chi connectivity index (χ4v) is 2.56. The van der Waals surface area contributed by atoms with Crippen molar-refractivity contribution >= 4 is 29.1 Å². The van der Waals surface area contributed by atoms with E-state index in [1.165, 1.54) is 23.1 Å². The van der Waals surface area contributed by atoms with E-state index in [2.05, 4.69) is 5.32 Å². The lowest BCUT2D eigenvalue weighted by Crippen LogP contribution is -2.45. The first kappa shape index (κ1) is 14.8. The Bertz CT molecular complexity index is 516. The molecule has 108 valence electrons. The van der Waals surface area contributed by atoms with Crippen LogP contribution in [0.25, 0.3) is 0 Å². The molecule has 1 aliphatic rings. The molecule has 0 saturated carbocycles. The molecule has 6 heteroatoms. The number of nitrogens with one attached hydrogen (secondary N) is 1. The second-order valence-corrected chi connectivity index (χ2v) is 5.13. The molecule has 2 amide bonds. The van der Waals surface area contributed by atoms with Crippen molar-refractivity contribution in [2.75, 3.05) is 11.4 Å². The summed E-state index contributed by atoms with van der Waals surface area (Å²) in [6, 6.07) is 3.65. The summed E-state index contributed by atoms with van der Waals surface area (Å²) in [5.41, 5.74) is 0.0526. The summed E-state index contributed by atoms with van der Waals surface area (Å²) in [6.07, 6.45) is 1.40. The first-order valence-electron chi connectivity index (χ1n) is 6.59. The summed E-state index contributed by atoms with van der Waals surface area (Å²) < 4.78 is 14.0. The number of hydrogen-bond acceptors (Lipinski definition) is 2. The second kappa shape index (κ2) is 6.22. The monoisotopic (exact) mass is 298 g/mol. The zero-order valence-corrected chi connectivity index (χ0v) is 11.9. The summed E-state index contributed by atoms with van der Waals surface area (Å²) >= 11 is 6.00. The maximum Gasteiger partial charge on any atom is 0.249 e. The summed E-state index contributed by atoms with van der Waals surface area (Å²) in [6.45, 7) is 2.05. The smallest absolute Gasteiger partial charge is 0.249 e. The molecule has 1 N–H and O–H groups in total. The van der Waals surface area contributed by atoms with Gasteiger partial charge < -0.3 is 10.2 Å². The van der Waals surface area contributed by atoms with Gasteiger partial charge in [-0.25, -0.2) is 4.39 Å². The van der Waals surface area contributed by atoms with Gasteiger partial charge in [0.1, 0.15) is 11.9 Å². The van der Waals surface area contributed by atoms with Crippen molar-refractivity contribution in [2.45, 2.75) is 32.2 Å². The van der Waals surface area contributed by atoms with Crippen LogP contribution in [0, 0.1) is 5.82 Å². The van der Waals surface area contributed by atoms with Crippen LogP contribution in [0.3, 0.4) is 0 Å². The highest BCUT2D eigenvalue weighted by atomic mass is 35.5. The number of hydrogen-bond donors (Lipinski definition) is 1. The first-order valence-corrected chi connectivity index (χ1v) is 6.97. The fourth-order valence-electron chi connectivity index (χ4n) is 2.29. The molecule has 1 saturated heterocycles. The van der Waals surface area contributed by atoms with Gasteiger partial charge in [-0.15, -0.1) is 0 Å². The molecule has 0 aromatic heterocycles. The quantitative estimate of drug-likeness (QED) is 0.932. The summed E-state index contributed by atoms with van der Waals surface area (Å²) in [4.78, 5) is 25.4. The maximum absolute atomic E-state index is 14.0. The molecular formula is C14H16ClFN2O2. The molecule has 1 fully saturated rings. The molecule has 1 aromatic carbocycles. The molecule has 2 rings (SSSR count). The van der Waals surface area contributed by atoms with Crippen LogP contribution in [0.15, 0.2) is 18.2 Å². The third-order valence-electron chi connectivity index (χ3n) is 3.25. The molecule has 1 aliphatic heterocycles. The number of anilines is 1. The van der Waals surface area contributed by atoms with Gasteiger partial charge in [0, 0.05) is 13.0 Å². The van der Waals surface area contributed by atoms with Crippen molar-refractivity contribution in [2.24, 2.45) is 0 Å². The molecule has 0 aliphatic carbocycles. The van der Waals surface area contributed by atoms with Crippen molar-refractivity contribution in [3.05, 3.63) is 29.0 Å². The van der Waals surface area contributed by atoms with E-state index in [1.807, 2.05) is 6.92 Å². The van der Waals surface area contributed by atoms with Gasteiger partial charge >= 0.3 is 0 Å². The van der Waals surface area contributed by atoms with Crippen LogP contribution in [-0.4, -0.2) is 24.4 Å². The Morgan fingerprint density at radius 2 is 2.20 bits per heavy atom. The minimum Gasteiger partial charge on any atom is -0.344 e. The lowest BCUT2D eigenvalue weighted by molar-refractivity contribution is -0.125. The van der Waals surface area contributed by atoms with Crippen LogP contribution in [0.4, 0.5) is 10.1 Å². The van der Waals surface area contributed by atoms with Crippen molar-refractivity contribution in [3.63, 3.8) is 0 Å². The average Bonchev–Trinajstić information content (AvgIpc) is 2.52. The van der Waals surface area contributed by atoms with Gasteiger partial charge in [-0.3, -0.25) is 9.59 Å². The van der Waals surface area contributed by atoms with Crippen LogP contribution < -0.4 is 10.2 Å². The Hall–Kier alpha value is -1.62. The van der Waals surface area contributed by atoms with E-state index in [0.29, 0.717) is 6.42 Å². The largest absolute Gasteiger partial charge is 0.344 e. The SMILES string of the molecule is CCCC1NC(=O)CCN(c2c(F)cccc2Cl)C1=O. The predicted octanol–water partition coefficient (Wildman–Crippen LogP) is 2.50.